The maximum atomic E-state index is 5.88. The van der Waals surface area contributed by atoms with Crippen LogP contribution in [0.3, 0.4) is 0 Å². The molecule has 3 N–H and O–H groups in total. The highest BCUT2D eigenvalue weighted by Gasteiger charge is 2.41. The molecular weight excluding hydrogens is 220 g/mol. The van der Waals surface area contributed by atoms with Crippen LogP contribution < -0.4 is 11.3 Å². The zero-order valence-electron chi connectivity index (χ0n) is 11.7. The van der Waals surface area contributed by atoms with Gasteiger partial charge < -0.3 is 0 Å². The molecule has 2 heteroatoms. The molecule has 0 bridgehead atoms. The summed E-state index contributed by atoms with van der Waals surface area (Å²) in [6, 6.07) is 11.3. The van der Waals surface area contributed by atoms with E-state index in [0.717, 1.165) is 0 Å². The normalized spacial score (nSPS) is 20.9. The minimum absolute atomic E-state index is 0.225. The minimum atomic E-state index is 0.225. The van der Waals surface area contributed by atoms with E-state index in [1.807, 2.05) is 0 Å². The van der Waals surface area contributed by atoms with Gasteiger partial charge in [-0.25, -0.2) is 0 Å². The summed E-state index contributed by atoms with van der Waals surface area (Å²) in [4.78, 5) is 0. The van der Waals surface area contributed by atoms with Crippen molar-refractivity contribution in [3.8, 4) is 0 Å². The van der Waals surface area contributed by atoms with E-state index in [4.69, 9.17) is 5.84 Å². The van der Waals surface area contributed by atoms with Gasteiger partial charge in [0, 0.05) is 11.5 Å². The number of hydrogen-bond donors (Lipinski definition) is 2. The molecule has 100 valence electrons. The largest absolute Gasteiger partial charge is 0.271 e. The van der Waals surface area contributed by atoms with E-state index in [1.165, 1.54) is 37.7 Å². The molecule has 0 heterocycles. The van der Waals surface area contributed by atoms with Gasteiger partial charge in [-0.3, -0.25) is 11.3 Å². The fourth-order valence-corrected chi connectivity index (χ4v) is 3.72. The maximum absolute atomic E-state index is 5.88. The molecule has 1 aliphatic rings. The van der Waals surface area contributed by atoms with Gasteiger partial charge in [0.15, 0.2) is 0 Å². The second-order valence-electron chi connectivity index (χ2n) is 5.97. The first-order valence-corrected chi connectivity index (χ1v) is 7.22. The molecule has 2 nitrogen and oxygen atoms in total. The highest BCUT2D eigenvalue weighted by atomic mass is 15.2. The Labute approximate surface area is 111 Å². The van der Waals surface area contributed by atoms with E-state index in [9.17, 15) is 0 Å². The molecule has 1 saturated carbocycles. The van der Waals surface area contributed by atoms with Gasteiger partial charge >= 0.3 is 0 Å². The summed E-state index contributed by atoms with van der Waals surface area (Å²) in [5.41, 5.74) is 4.79. The highest BCUT2D eigenvalue weighted by molar-refractivity contribution is 5.28. The first kappa shape index (κ1) is 13.6. The lowest BCUT2D eigenvalue weighted by Crippen LogP contribution is -2.55. The number of nitrogens with one attached hydrogen (secondary N) is 1. The number of benzene rings is 1. The topological polar surface area (TPSA) is 38.0 Å². The van der Waals surface area contributed by atoms with Crippen LogP contribution >= 0.6 is 0 Å². The average molecular weight is 246 g/mol. The molecule has 1 atom stereocenters. The van der Waals surface area contributed by atoms with Gasteiger partial charge in [0.25, 0.3) is 0 Å². The van der Waals surface area contributed by atoms with Crippen LogP contribution in [0, 0.1) is 5.92 Å². The lowest BCUT2D eigenvalue weighted by atomic mass is 9.62. The molecule has 0 radical (unpaired) electrons. The zero-order chi connectivity index (χ0) is 13.0. The molecule has 18 heavy (non-hydrogen) atoms. The van der Waals surface area contributed by atoms with E-state index in [2.05, 4.69) is 49.6 Å². The molecular formula is C16H26N2. The monoisotopic (exact) mass is 246 g/mol. The van der Waals surface area contributed by atoms with Crippen molar-refractivity contribution in [2.75, 3.05) is 0 Å². The molecule has 0 aliphatic heterocycles. The van der Waals surface area contributed by atoms with Crippen molar-refractivity contribution >= 4 is 0 Å². The number of rotatable bonds is 4. The van der Waals surface area contributed by atoms with E-state index < -0.39 is 0 Å². The first-order chi connectivity index (χ1) is 8.70. The summed E-state index contributed by atoms with van der Waals surface area (Å²) in [5, 5.41) is 0. The Hall–Kier alpha value is -0.860. The van der Waals surface area contributed by atoms with Crippen LogP contribution in [-0.4, -0.2) is 6.04 Å². The molecule has 1 unspecified atom stereocenters. The van der Waals surface area contributed by atoms with Crippen molar-refractivity contribution in [2.45, 2.75) is 57.4 Å². The molecule has 1 aliphatic carbocycles. The van der Waals surface area contributed by atoms with Crippen LogP contribution in [0.1, 0.15) is 51.5 Å². The Balaban J connectivity index is 2.39. The van der Waals surface area contributed by atoms with Crippen LogP contribution in [0.15, 0.2) is 30.3 Å². The Morgan fingerprint density at radius 3 is 2.17 bits per heavy atom. The van der Waals surface area contributed by atoms with Gasteiger partial charge in [-0.15, -0.1) is 0 Å². The minimum Gasteiger partial charge on any atom is -0.271 e. The zero-order valence-corrected chi connectivity index (χ0v) is 11.7. The lowest BCUT2D eigenvalue weighted by Gasteiger charge is -2.46. The van der Waals surface area contributed by atoms with Crippen LogP contribution in [0.2, 0.25) is 0 Å². The predicted molar refractivity (Wildman–Crippen MR) is 77.2 cm³/mol. The smallest absolute Gasteiger partial charge is 0.0330 e. The van der Waals surface area contributed by atoms with Crippen molar-refractivity contribution < 1.29 is 0 Å². The molecule has 0 saturated heterocycles. The van der Waals surface area contributed by atoms with Crippen molar-refractivity contribution in [3.63, 3.8) is 0 Å². The van der Waals surface area contributed by atoms with Crippen LogP contribution in [0.4, 0.5) is 0 Å². The SMILES string of the molecule is CC(C)C(NN)C1(c2ccccc2)CCCCC1. The predicted octanol–water partition coefficient (Wildman–Crippen LogP) is 3.38. The highest BCUT2D eigenvalue weighted by Crippen LogP contribution is 2.43. The third-order valence-corrected chi connectivity index (χ3v) is 4.54. The standard InChI is InChI=1S/C16H26N2/c1-13(2)15(18-17)16(11-7-4-8-12-16)14-9-5-3-6-10-14/h3,5-6,9-10,13,15,18H,4,7-8,11-12,17H2,1-2H3. The first-order valence-electron chi connectivity index (χ1n) is 7.22. The Morgan fingerprint density at radius 1 is 1.06 bits per heavy atom. The van der Waals surface area contributed by atoms with Gasteiger partial charge in [-0.1, -0.05) is 63.4 Å². The fraction of sp³-hybridized carbons (Fsp3) is 0.625. The van der Waals surface area contributed by atoms with Crippen LogP contribution in [-0.2, 0) is 5.41 Å². The third kappa shape index (κ3) is 2.45. The average Bonchev–Trinajstić information content (AvgIpc) is 2.41. The van der Waals surface area contributed by atoms with E-state index in [1.54, 1.807) is 0 Å². The summed E-state index contributed by atoms with van der Waals surface area (Å²) in [7, 11) is 0. The molecule has 1 fully saturated rings. The van der Waals surface area contributed by atoms with Crippen molar-refractivity contribution in [2.24, 2.45) is 11.8 Å². The van der Waals surface area contributed by atoms with Gasteiger partial charge in [-0.05, 0) is 24.3 Å². The lowest BCUT2D eigenvalue weighted by molar-refractivity contribution is 0.175. The Morgan fingerprint density at radius 2 is 1.67 bits per heavy atom. The third-order valence-electron chi connectivity index (χ3n) is 4.54. The molecule has 0 aromatic heterocycles. The van der Waals surface area contributed by atoms with Crippen molar-refractivity contribution in [3.05, 3.63) is 35.9 Å². The number of nitrogens with two attached hydrogens (primary N) is 1. The van der Waals surface area contributed by atoms with E-state index in [-0.39, 0.29) is 5.41 Å². The quantitative estimate of drug-likeness (QED) is 0.631. The molecule has 0 amide bonds. The van der Waals surface area contributed by atoms with Gasteiger partial charge in [-0.2, -0.15) is 0 Å². The second kappa shape index (κ2) is 5.85. The van der Waals surface area contributed by atoms with Crippen molar-refractivity contribution in [1.82, 2.24) is 5.43 Å². The van der Waals surface area contributed by atoms with Gasteiger partial charge in [0.05, 0.1) is 0 Å². The van der Waals surface area contributed by atoms with E-state index >= 15 is 0 Å². The molecule has 1 aromatic carbocycles. The summed E-state index contributed by atoms with van der Waals surface area (Å²) in [6.45, 7) is 4.54. The summed E-state index contributed by atoms with van der Waals surface area (Å²) in [6.07, 6.45) is 6.51. The Kier molecular flexibility index (Phi) is 4.41. The maximum Gasteiger partial charge on any atom is 0.0330 e. The second-order valence-corrected chi connectivity index (χ2v) is 5.97. The van der Waals surface area contributed by atoms with Crippen LogP contribution in [0.5, 0.6) is 0 Å². The van der Waals surface area contributed by atoms with Crippen molar-refractivity contribution in [1.29, 1.82) is 0 Å². The van der Waals surface area contributed by atoms with E-state index in [0.29, 0.717) is 12.0 Å². The van der Waals surface area contributed by atoms with Crippen LogP contribution in [0.25, 0.3) is 0 Å². The summed E-state index contributed by atoms with van der Waals surface area (Å²) < 4.78 is 0. The Bertz CT molecular complexity index is 353. The fourth-order valence-electron chi connectivity index (χ4n) is 3.72. The summed E-state index contributed by atoms with van der Waals surface area (Å²) in [5.74, 6) is 6.43. The summed E-state index contributed by atoms with van der Waals surface area (Å²) >= 11 is 0. The van der Waals surface area contributed by atoms with Gasteiger partial charge in [0.2, 0.25) is 0 Å². The number of hydrogen-bond acceptors (Lipinski definition) is 2. The molecule has 0 spiro atoms. The van der Waals surface area contributed by atoms with Gasteiger partial charge in [0.1, 0.15) is 0 Å². The number of hydrazine groups is 1. The molecule has 2 rings (SSSR count). The molecule has 1 aromatic rings.